The van der Waals surface area contributed by atoms with Crippen LogP contribution in [0.25, 0.3) is 10.4 Å². The number of benzene rings is 2. The number of hydroxylamine groups is 1. The second-order valence-corrected chi connectivity index (χ2v) is 10.2. The number of anilines is 2. The third kappa shape index (κ3) is 8.70. The Morgan fingerprint density at radius 2 is 1.65 bits per heavy atom. The summed E-state index contributed by atoms with van der Waals surface area (Å²) in [5, 5.41) is 13.0. The van der Waals surface area contributed by atoms with E-state index in [9.17, 15) is 28.3 Å². The Morgan fingerprint density at radius 3 is 2.23 bits per heavy atom. The summed E-state index contributed by atoms with van der Waals surface area (Å²) < 4.78 is 40.0. The van der Waals surface area contributed by atoms with Gasteiger partial charge in [0.05, 0.1) is 32.4 Å². The maximum absolute atomic E-state index is 14.7. The summed E-state index contributed by atoms with van der Waals surface area (Å²) >= 11 is 0.981. The topological polar surface area (TPSA) is 130 Å². The molecule has 0 aliphatic rings. The highest BCUT2D eigenvalue weighted by Crippen LogP contribution is 2.44. The number of thiophene rings is 1. The predicted octanol–water partition coefficient (Wildman–Crippen LogP) is 5.71. The minimum atomic E-state index is -1.33. The number of hydrogen-bond donors (Lipinski definition) is 3. The standard InChI is InChI=1S/C29H34F2N4O7S/c1-5-41-15-14-34(3)16-21-24(27(36)37)26(35(29(39)42-6-2)17-20-22(30)8-7-9-23(20)31)43-25(21)18-10-12-19(13-11-18)32-28(38)33-40-4/h7-13H,5-6,14-17H2,1-4H3,(H,36,37)(H2,32,33,38). The molecule has 0 bridgehead atoms. The van der Waals surface area contributed by atoms with Gasteiger partial charge >= 0.3 is 18.1 Å². The third-order valence-corrected chi connectivity index (χ3v) is 7.47. The molecule has 0 saturated carbocycles. The fourth-order valence-corrected chi connectivity index (χ4v) is 5.48. The summed E-state index contributed by atoms with van der Waals surface area (Å²) in [7, 11) is 3.09. The molecule has 1 heterocycles. The van der Waals surface area contributed by atoms with Crippen LogP contribution in [0.15, 0.2) is 42.5 Å². The number of halogens is 2. The van der Waals surface area contributed by atoms with E-state index < -0.39 is 41.8 Å². The van der Waals surface area contributed by atoms with E-state index in [1.54, 1.807) is 38.2 Å². The van der Waals surface area contributed by atoms with Gasteiger partial charge in [-0.15, -0.1) is 11.3 Å². The van der Waals surface area contributed by atoms with E-state index in [0.29, 0.717) is 41.4 Å². The van der Waals surface area contributed by atoms with Crippen molar-refractivity contribution in [1.29, 1.82) is 0 Å². The molecule has 0 aliphatic carbocycles. The lowest BCUT2D eigenvalue weighted by molar-refractivity contribution is 0.0695. The van der Waals surface area contributed by atoms with Gasteiger partial charge < -0.3 is 19.9 Å². The number of carbonyl (C=O) groups excluding carboxylic acids is 2. The van der Waals surface area contributed by atoms with Crippen molar-refractivity contribution in [2.45, 2.75) is 26.9 Å². The van der Waals surface area contributed by atoms with Gasteiger partial charge in [-0.3, -0.25) is 14.6 Å². The van der Waals surface area contributed by atoms with Crippen molar-refractivity contribution in [3.8, 4) is 10.4 Å². The lowest BCUT2D eigenvalue weighted by Gasteiger charge is -2.22. The number of likely N-dealkylation sites (N-methyl/N-ethyl adjacent to an activating group) is 1. The van der Waals surface area contributed by atoms with E-state index in [2.05, 4.69) is 15.6 Å². The van der Waals surface area contributed by atoms with E-state index >= 15 is 0 Å². The highest BCUT2D eigenvalue weighted by Gasteiger charge is 2.32. The van der Waals surface area contributed by atoms with Gasteiger partial charge in [0.25, 0.3) is 0 Å². The van der Waals surface area contributed by atoms with E-state index in [4.69, 9.17) is 9.47 Å². The number of hydrogen-bond acceptors (Lipinski definition) is 8. The largest absolute Gasteiger partial charge is 0.478 e. The SMILES string of the molecule is CCOCCN(C)Cc1c(-c2ccc(NC(=O)NOC)cc2)sc(N(Cc2c(F)cccc2F)C(=O)OCC)c1C(=O)O. The zero-order chi connectivity index (χ0) is 31.5. The molecule has 0 radical (unpaired) electrons. The normalized spacial score (nSPS) is 11.0. The molecule has 43 heavy (non-hydrogen) atoms. The van der Waals surface area contributed by atoms with E-state index in [1.807, 2.05) is 11.8 Å². The number of nitrogens with zero attached hydrogens (tertiary/aromatic N) is 2. The Balaban J connectivity index is 2.17. The van der Waals surface area contributed by atoms with Crippen molar-refractivity contribution in [3.63, 3.8) is 0 Å². The fourth-order valence-electron chi connectivity index (χ4n) is 4.18. The molecule has 3 N–H and O–H groups in total. The number of urea groups is 1. The van der Waals surface area contributed by atoms with Gasteiger partial charge in [-0.25, -0.2) is 28.6 Å². The monoisotopic (exact) mass is 620 g/mol. The summed E-state index contributed by atoms with van der Waals surface area (Å²) in [6, 6.07) is 9.31. The molecule has 3 rings (SSSR count). The van der Waals surface area contributed by atoms with Crippen LogP contribution in [-0.4, -0.2) is 68.6 Å². The van der Waals surface area contributed by atoms with Crippen LogP contribution in [0.1, 0.15) is 35.3 Å². The molecule has 3 aromatic rings. The lowest BCUT2D eigenvalue weighted by Crippen LogP contribution is -2.32. The number of aromatic carboxylic acids is 1. The molecule has 0 atom stereocenters. The molecule has 3 amide bonds. The molecule has 0 spiro atoms. The van der Waals surface area contributed by atoms with Crippen molar-refractivity contribution >= 4 is 40.1 Å². The summed E-state index contributed by atoms with van der Waals surface area (Å²) in [6.45, 7) is 4.35. The average Bonchev–Trinajstić information content (AvgIpc) is 3.32. The Morgan fingerprint density at radius 1 is 0.977 bits per heavy atom. The van der Waals surface area contributed by atoms with E-state index in [-0.39, 0.29) is 23.7 Å². The lowest BCUT2D eigenvalue weighted by atomic mass is 10.0. The zero-order valence-electron chi connectivity index (χ0n) is 24.2. The third-order valence-electron chi connectivity index (χ3n) is 6.16. The van der Waals surface area contributed by atoms with Crippen LogP contribution in [0.3, 0.4) is 0 Å². The fraction of sp³-hybridized carbons (Fsp3) is 0.345. The first-order valence-electron chi connectivity index (χ1n) is 13.3. The van der Waals surface area contributed by atoms with Gasteiger partial charge in [0.15, 0.2) is 0 Å². The number of rotatable bonds is 14. The molecule has 0 fully saturated rings. The molecule has 2 aromatic carbocycles. The first-order chi connectivity index (χ1) is 20.6. The average molecular weight is 621 g/mol. The smallest absolute Gasteiger partial charge is 0.415 e. The van der Waals surface area contributed by atoms with Gasteiger partial charge in [-0.2, -0.15) is 0 Å². The zero-order valence-corrected chi connectivity index (χ0v) is 25.1. The second kappa shape index (κ2) is 15.9. The minimum Gasteiger partial charge on any atom is -0.478 e. The number of carboxylic acids is 1. The summed E-state index contributed by atoms with van der Waals surface area (Å²) in [6.07, 6.45) is -0.958. The number of ether oxygens (including phenoxy) is 2. The van der Waals surface area contributed by atoms with Crippen molar-refractivity contribution in [1.82, 2.24) is 10.4 Å². The van der Waals surface area contributed by atoms with Crippen LogP contribution in [-0.2, 0) is 27.4 Å². The highest BCUT2D eigenvalue weighted by atomic mass is 32.1. The quantitative estimate of drug-likeness (QED) is 0.155. The molecular formula is C29H34F2N4O7S. The molecular weight excluding hydrogens is 586 g/mol. The summed E-state index contributed by atoms with van der Waals surface area (Å²) in [5.74, 6) is -3.11. The van der Waals surface area contributed by atoms with Crippen LogP contribution >= 0.6 is 11.3 Å². The van der Waals surface area contributed by atoms with Crippen molar-refractivity contribution in [3.05, 3.63) is 70.8 Å². The van der Waals surface area contributed by atoms with Gasteiger partial charge in [0, 0.05) is 41.4 Å². The number of nitrogens with one attached hydrogen (secondary N) is 2. The second-order valence-electron chi connectivity index (χ2n) is 9.15. The molecule has 0 unspecified atom stereocenters. The predicted molar refractivity (Wildman–Crippen MR) is 158 cm³/mol. The number of carbonyl (C=O) groups is 3. The van der Waals surface area contributed by atoms with Crippen molar-refractivity contribution in [2.24, 2.45) is 0 Å². The Kier molecular flexibility index (Phi) is 12.4. The summed E-state index contributed by atoms with van der Waals surface area (Å²) in [5.41, 5.74) is 2.94. The van der Waals surface area contributed by atoms with E-state index in [0.717, 1.165) is 28.4 Å². The Hall–Kier alpha value is -4.11. The van der Waals surface area contributed by atoms with Crippen LogP contribution in [0, 0.1) is 11.6 Å². The minimum absolute atomic E-state index is 0.0431. The van der Waals surface area contributed by atoms with Crippen LogP contribution in [0.5, 0.6) is 0 Å². The van der Waals surface area contributed by atoms with Gasteiger partial charge in [0.2, 0.25) is 0 Å². The Labute approximate surface area is 251 Å². The van der Waals surface area contributed by atoms with Crippen molar-refractivity contribution < 1.29 is 42.6 Å². The van der Waals surface area contributed by atoms with Crippen LogP contribution in [0.2, 0.25) is 0 Å². The van der Waals surface area contributed by atoms with Gasteiger partial charge in [-0.1, -0.05) is 18.2 Å². The highest BCUT2D eigenvalue weighted by molar-refractivity contribution is 7.20. The molecule has 1 aromatic heterocycles. The van der Waals surface area contributed by atoms with Crippen LogP contribution < -0.4 is 15.7 Å². The molecule has 0 saturated heterocycles. The van der Waals surface area contributed by atoms with Crippen molar-refractivity contribution in [2.75, 3.05) is 50.7 Å². The van der Waals surface area contributed by atoms with Gasteiger partial charge in [-0.05, 0) is 50.7 Å². The molecule has 232 valence electrons. The summed E-state index contributed by atoms with van der Waals surface area (Å²) in [4.78, 5) is 45.7. The van der Waals surface area contributed by atoms with Gasteiger partial charge in [0.1, 0.15) is 16.6 Å². The van der Waals surface area contributed by atoms with Crippen LogP contribution in [0.4, 0.5) is 29.1 Å². The maximum atomic E-state index is 14.7. The first kappa shape index (κ1) is 33.4. The number of carboxylic acid groups (broad SMARTS) is 1. The first-order valence-corrected chi connectivity index (χ1v) is 14.2. The molecule has 11 nitrogen and oxygen atoms in total. The molecule has 0 aliphatic heterocycles. The maximum Gasteiger partial charge on any atom is 0.415 e. The van der Waals surface area contributed by atoms with E-state index in [1.165, 1.54) is 13.2 Å². The molecule has 14 heteroatoms. The number of amides is 3. The Bertz CT molecular complexity index is 1400.